The molecule has 0 bridgehead atoms. The van der Waals surface area contributed by atoms with E-state index < -0.39 is 104 Å². The fourth-order valence-electron chi connectivity index (χ4n) is 6.24. The molecule has 1 amide bonds. The first-order valence-corrected chi connectivity index (χ1v) is 15.8. The van der Waals surface area contributed by atoms with E-state index in [1.165, 1.54) is 0 Å². The molecule has 18 N–H and O–H groups in total. The monoisotopic (exact) mass is 667 g/mol. The number of amides is 1. The first-order valence-electron chi connectivity index (χ1n) is 15.8. The molecule has 1 saturated carbocycles. The van der Waals surface area contributed by atoms with Gasteiger partial charge < -0.3 is 93.7 Å². The summed E-state index contributed by atoms with van der Waals surface area (Å²) in [5, 5.41) is 55.4. The minimum absolute atomic E-state index is 0.0521. The molecule has 3 aliphatic heterocycles. The van der Waals surface area contributed by atoms with Crippen LogP contribution in [0.3, 0.4) is 0 Å². The van der Waals surface area contributed by atoms with Gasteiger partial charge in [-0.3, -0.25) is 4.79 Å². The molecule has 4 fully saturated rings. The highest BCUT2D eigenvalue weighted by Crippen LogP contribution is 2.34. The molecule has 0 radical (unpaired) electrons. The Labute approximate surface area is 267 Å². The molecule has 4 rings (SSSR count). The number of hydrogen-bond donors (Lipinski definition) is 12. The van der Waals surface area contributed by atoms with Crippen molar-refractivity contribution in [2.45, 2.75) is 136 Å². The number of nitrogens with one attached hydrogen (secondary N) is 1. The minimum Gasteiger partial charge on any atom is -0.394 e. The molecule has 0 aromatic rings. The molecule has 268 valence electrons. The van der Waals surface area contributed by atoms with Crippen molar-refractivity contribution in [3.05, 3.63) is 0 Å². The average molecular weight is 668 g/mol. The van der Waals surface area contributed by atoms with Gasteiger partial charge in [-0.25, -0.2) is 0 Å². The lowest BCUT2D eigenvalue weighted by atomic mass is 9.83. The van der Waals surface area contributed by atoms with Gasteiger partial charge in [-0.15, -0.1) is 0 Å². The summed E-state index contributed by atoms with van der Waals surface area (Å²) in [5.41, 5.74) is 35.9. The fraction of sp³-hybridized carbons (Fsp3) is 0.963. The van der Waals surface area contributed by atoms with Crippen LogP contribution in [0, 0.1) is 0 Å². The van der Waals surface area contributed by atoms with Crippen molar-refractivity contribution >= 4 is 5.91 Å². The third kappa shape index (κ3) is 8.68. The molecule has 3 saturated heterocycles. The van der Waals surface area contributed by atoms with Gasteiger partial charge in [0.05, 0.1) is 36.9 Å². The second-order valence-electron chi connectivity index (χ2n) is 12.5. The minimum atomic E-state index is -1.88. The number of ether oxygens (including phenoxy) is 6. The van der Waals surface area contributed by atoms with E-state index in [-0.39, 0.29) is 38.3 Å². The topological polar surface area (TPSA) is 342 Å². The van der Waals surface area contributed by atoms with Crippen molar-refractivity contribution < 1.29 is 58.7 Å². The molecule has 17 unspecified atom stereocenters. The molecule has 19 heteroatoms. The molecule has 46 heavy (non-hydrogen) atoms. The summed E-state index contributed by atoms with van der Waals surface area (Å²) >= 11 is 0. The Morgan fingerprint density at radius 1 is 0.761 bits per heavy atom. The van der Waals surface area contributed by atoms with Gasteiger partial charge >= 0.3 is 0 Å². The summed E-state index contributed by atoms with van der Waals surface area (Å²) in [6, 6.07) is -3.10. The van der Waals surface area contributed by atoms with E-state index in [4.69, 9.17) is 62.8 Å². The van der Waals surface area contributed by atoms with E-state index in [1.807, 2.05) is 0 Å². The summed E-state index contributed by atoms with van der Waals surface area (Å²) < 4.78 is 35.9. The van der Waals surface area contributed by atoms with Gasteiger partial charge in [-0.05, 0) is 32.1 Å². The Bertz CT molecular complexity index is 963. The molecule has 1 aliphatic carbocycles. The van der Waals surface area contributed by atoms with Crippen molar-refractivity contribution in [2.75, 3.05) is 26.2 Å². The predicted molar refractivity (Wildman–Crippen MR) is 158 cm³/mol. The van der Waals surface area contributed by atoms with Crippen molar-refractivity contribution in [3.8, 4) is 0 Å². The Kier molecular flexibility index (Phi) is 13.9. The number of rotatable bonds is 13. The molecule has 4 aliphatic rings. The van der Waals surface area contributed by atoms with E-state index >= 15 is 0 Å². The van der Waals surface area contributed by atoms with Crippen molar-refractivity contribution in [3.63, 3.8) is 0 Å². The molecule has 19 nitrogen and oxygen atoms in total. The highest BCUT2D eigenvalue weighted by atomic mass is 16.8. The van der Waals surface area contributed by atoms with E-state index in [2.05, 4.69) is 5.32 Å². The van der Waals surface area contributed by atoms with Crippen LogP contribution in [0.4, 0.5) is 0 Å². The van der Waals surface area contributed by atoms with Gasteiger partial charge in [0.1, 0.15) is 42.7 Å². The van der Waals surface area contributed by atoms with Gasteiger partial charge in [-0.1, -0.05) is 0 Å². The van der Waals surface area contributed by atoms with Crippen LogP contribution < -0.4 is 39.7 Å². The van der Waals surface area contributed by atoms with Gasteiger partial charge in [-0.2, -0.15) is 0 Å². The van der Waals surface area contributed by atoms with Crippen LogP contribution in [0.25, 0.3) is 0 Å². The zero-order valence-corrected chi connectivity index (χ0v) is 25.7. The van der Waals surface area contributed by atoms with Gasteiger partial charge in [0.2, 0.25) is 0 Å². The molecule has 0 spiro atoms. The summed E-state index contributed by atoms with van der Waals surface area (Å²) in [4.78, 5) is 12.7. The number of hydrogen-bond acceptors (Lipinski definition) is 18. The van der Waals surface area contributed by atoms with Crippen LogP contribution in [0.2, 0.25) is 0 Å². The van der Waals surface area contributed by atoms with Crippen LogP contribution in [0.1, 0.15) is 32.1 Å². The first-order chi connectivity index (χ1) is 21.9. The zero-order chi connectivity index (χ0) is 33.7. The van der Waals surface area contributed by atoms with Crippen molar-refractivity contribution in [2.24, 2.45) is 34.4 Å². The lowest BCUT2D eigenvalue weighted by molar-refractivity contribution is -0.288. The van der Waals surface area contributed by atoms with E-state index in [1.54, 1.807) is 0 Å². The van der Waals surface area contributed by atoms with Gasteiger partial charge in [0.15, 0.2) is 25.0 Å². The predicted octanol–water partition coefficient (Wildman–Crippen LogP) is -6.94. The maximum atomic E-state index is 12.7. The summed E-state index contributed by atoms with van der Waals surface area (Å²) in [7, 11) is 0. The van der Waals surface area contributed by atoms with Crippen LogP contribution in [-0.4, -0.2) is 162 Å². The van der Waals surface area contributed by atoms with Crippen molar-refractivity contribution in [1.29, 1.82) is 0 Å². The molecular formula is C27H53N7O12. The highest BCUT2D eigenvalue weighted by molar-refractivity contribution is 5.81. The molecule has 0 aromatic carbocycles. The zero-order valence-electron chi connectivity index (χ0n) is 25.7. The molecular weight excluding hydrogens is 614 g/mol. The number of aliphatic hydroxyl groups excluding tert-OH is 5. The maximum absolute atomic E-state index is 12.7. The largest absolute Gasteiger partial charge is 0.394 e. The normalized spacial score (nSPS) is 44.9. The first kappa shape index (κ1) is 37.6. The van der Waals surface area contributed by atoms with E-state index in [0.29, 0.717) is 25.7 Å². The number of carbonyl (C=O) groups is 1. The standard InChI is InChI=1S/C27H53N7O12/c28-6-10-1-3-12(31)25(41-10)44-21-14(33)5-15(34-24(40)19(38)16(36)8-30)18(37)23(21)46-27-20(39)22(17(9-35)43-27)45-26-13(32)4-2-11(7-29)42-26/h10-23,25-27,35-39H,1-9,28-33H2,(H,34,40). The lowest BCUT2D eigenvalue weighted by Crippen LogP contribution is -2.67. The SMILES string of the molecule is NCC1CCC(N)C(OC2C(CO)OC(OC3C(O)C(NC(=O)C(O)C(O)CN)CC(N)C3OC3OC(CN)CCC3N)C2O)O1. The quantitative estimate of drug-likeness (QED) is 0.0867. The Morgan fingerprint density at radius 2 is 1.30 bits per heavy atom. The summed E-state index contributed by atoms with van der Waals surface area (Å²) in [5.74, 6) is -0.999. The molecule has 3 heterocycles. The number of aliphatic hydroxyl groups is 5. The molecule has 0 aromatic heterocycles. The van der Waals surface area contributed by atoms with Crippen molar-refractivity contribution in [1.82, 2.24) is 5.32 Å². The smallest absolute Gasteiger partial charge is 0.251 e. The highest BCUT2D eigenvalue weighted by Gasteiger charge is 2.53. The fourth-order valence-corrected chi connectivity index (χ4v) is 6.24. The third-order valence-corrected chi connectivity index (χ3v) is 9.09. The Balaban J connectivity index is 1.54. The van der Waals surface area contributed by atoms with Gasteiger partial charge in [0.25, 0.3) is 5.91 Å². The van der Waals surface area contributed by atoms with Crippen LogP contribution in [0.15, 0.2) is 0 Å². The second kappa shape index (κ2) is 16.9. The Morgan fingerprint density at radius 3 is 1.83 bits per heavy atom. The second-order valence-corrected chi connectivity index (χ2v) is 12.5. The molecule has 17 atom stereocenters. The van der Waals surface area contributed by atoms with E-state index in [9.17, 15) is 30.3 Å². The van der Waals surface area contributed by atoms with Crippen LogP contribution >= 0.6 is 0 Å². The van der Waals surface area contributed by atoms with E-state index in [0.717, 1.165) is 0 Å². The Hall–Kier alpha value is -1.21. The number of carbonyl (C=O) groups excluding carboxylic acids is 1. The van der Waals surface area contributed by atoms with Crippen LogP contribution in [0.5, 0.6) is 0 Å². The number of nitrogens with two attached hydrogens (primary N) is 6. The summed E-state index contributed by atoms with van der Waals surface area (Å²) in [6.07, 6.45) is -12.9. The maximum Gasteiger partial charge on any atom is 0.251 e. The van der Waals surface area contributed by atoms with Gasteiger partial charge in [0, 0.05) is 25.7 Å². The third-order valence-electron chi connectivity index (χ3n) is 9.09. The summed E-state index contributed by atoms with van der Waals surface area (Å²) in [6.45, 7) is -0.484. The van der Waals surface area contributed by atoms with Crippen LogP contribution in [-0.2, 0) is 33.2 Å². The lowest BCUT2D eigenvalue weighted by Gasteiger charge is -2.46. The average Bonchev–Trinajstić information content (AvgIpc) is 3.35.